The van der Waals surface area contributed by atoms with Crippen molar-refractivity contribution in [1.29, 1.82) is 0 Å². The Morgan fingerprint density at radius 2 is 2.05 bits per heavy atom. The summed E-state index contributed by atoms with van der Waals surface area (Å²) in [5.41, 5.74) is 4.78. The zero-order valence-corrected chi connectivity index (χ0v) is 12.2. The van der Waals surface area contributed by atoms with Gasteiger partial charge in [-0.25, -0.2) is 4.98 Å². The molecule has 102 valence electrons. The molecule has 0 aromatic carbocycles. The van der Waals surface area contributed by atoms with Crippen LogP contribution in [0.4, 0.5) is 5.82 Å². The number of aromatic nitrogens is 3. The van der Waals surface area contributed by atoms with Crippen molar-refractivity contribution in [3.8, 4) is 0 Å². The fourth-order valence-corrected chi connectivity index (χ4v) is 2.07. The summed E-state index contributed by atoms with van der Waals surface area (Å²) in [7, 11) is 0. The minimum absolute atomic E-state index is 0.764. The molecule has 2 aromatic heterocycles. The molecule has 4 heteroatoms. The van der Waals surface area contributed by atoms with Crippen LogP contribution in [0.2, 0.25) is 0 Å². The number of hydrogen-bond acceptors (Lipinski definition) is 3. The molecule has 2 rings (SSSR count). The second-order valence-corrected chi connectivity index (χ2v) is 4.89. The third-order valence-corrected chi connectivity index (χ3v) is 3.50. The molecule has 0 aliphatic carbocycles. The van der Waals surface area contributed by atoms with Crippen molar-refractivity contribution in [2.75, 3.05) is 11.9 Å². The van der Waals surface area contributed by atoms with Gasteiger partial charge in [-0.3, -0.25) is 4.68 Å². The maximum Gasteiger partial charge on any atom is 0.131 e. The minimum Gasteiger partial charge on any atom is -0.370 e. The molecule has 0 radical (unpaired) electrons. The topological polar surface area (TPSA) is 42.7 Å². The molecule has 2 aromatic rings. The Balaban J connectivity index is 2.25. The van der Waals surface area contributed by atoms with E-state index < -0.39 is 0 Å². The van der Waals surface area contributed by atoms with E-state index in [0.29, 0.717) is 0 Å². The van der Waals surface area contributed by atoms with Crippen molar-refractivity contribution >= 4 is 5.82 Å². The molecule has 0 aliphatic heterocycles. The van der Waals surface area contributed by atoms with Crippen molar-refractivity contribution in [2.45, 2.75) is 40.7 Å². The molecule has 0 fully saturated rings. The molecule has 1 N–H and O–H groups in total. The van der Waals surface area contributed by atoms with Gasteiger partial charge in [-0.2, -0.15) is 5.10 Å². The molecular formula is C15H22N4. The first-order chi connectivity index (χ1) is 9.13. The number of nitrogens with zero attached hydrogens (tertiary/aromatic N) is 3. The van der Waals surface area contributed by atoms with Gasteiger partial charge in [-0.1, -0.05) is 13.0 Å². The standard InChI is InChI=1S/C15H22N4/c1-5-8-16-15-14(7-6-9-17-15)10-19-13(4)11(2)12(3)18-19/h6-7,9H,5,8,10H2,1-4H3,(H,16,17). The predicted octanol–water partition coefficient (Wildman–Crippen LogP) is 3.07. The van der Waals surface area contributed by atoms with Crippen LogP contribution in [-0.2, 0) is 6.54 Å². The molecule has 2 heterocycles. The molecule has 0 unspecified atom stereocenters. The second kappa shape index (κ2) is 5.87. The van der Waals surface area contributed by atoms with Crippen LogP contribution in [0.3, 0.4) is 0 Å². The Kier molecular flexibility index (Phi) is 4.20. The lowest BCUT2D eigenvalue weighted by molar-refractivity contribution is 0.657. The van der Waals surface area contributed by atoms with Gasteiger partial charge in [-0.05, 0) is 38.8 Å². The molecule has 19 heavy (non-hydrogen) atoms. The highest BCUT2D eigenvalue weighted by molar-refractivity contribution is 5.44. The summed E-state index contributed by atoms with van der Waals surface area (Å²) in [5, 5.41) is 7.96. The molecule has 4 nitrogen and oxygen atoms in total. The smallest absolute Gasteiger partial charge is 0.131 e. The van der Waals surface area contributed by atoms with Crippen molar-refractivity contribution in [1.82, 2.24) is 14.8 Å². The first-order valence-electron chi connectivity index (χ1n) is 6.81. The summed E-state index contributed by atoms with van der Waals surface area (Å²) in [6.07, 6.45) is 2.92. The van der Waals surface area contributed by atoms with E-state index >= 15 is 0 Å². The van der Waals surface area contributed by atoms with Gasteiger partial charge < -0.3 is 5.32 Å². The van der Waals surface area contributed by atoms with E-state index in [2.05, 4.69) is 53.8 Å². The lowest BCUT2D eigenvalue weighted by Crippen LogP contribution is -2.10. The van der Waals surface area contributed by atoms with Crippen molar-refractivity contribution in [2.24, 2.45) is 0 Å². The van der Waals surface area contributed by atoms with Crippen molar-refractivity contribution in [3.05, 3.63) is 40.8 Å². The molecule has 0 atom stereocenters. The predicted molar refractivity (Wildman–Crippen MR) is 78.6 cm³/mol. The Bertz CT molecular complexity index is 557. The van der Waals surface area contributed by atoms with Crippen molar-refractivity contribution < 1.29 is 0 Å². The lowest BCUT2D eigenvalue weighted by atomic mass is 10.2. The minimum atomic E-state index is 0.764. The van der Waals surface area contributed by atoms with Gasteiger partial charge in [0.2, 0.25) is 0 Å². The summed E-state index contributed by atoms with van der Waals surface area (Å²) in [6, 6.07) is 4.09. The van der Waals surface area contributed by atoms with E-state index in [0.717, 1.165) is 31.0 Å². The highest BCUT2D eigenvalue weighted by Gasteiger charge is 2.10. The van der Waals surface area contributed by atoms with Crippen LogP contribution in [0.15, 0.2) is 18.3 Å². The third-order valence-electron chi connectivity index (χ3n) is 3.50. The Labute approximate surface area is 114 Å². The molecular weight excluding hydrogens is 236 g/mol. The van der Waals surface area contributed by atoms with Crippen LogP contribution in [0, 0.1) is 20.8 Å². The molecule has 0 bridgehead atoms. The number of hydrogen-bond donors (Lipinski definition) is 1. The fraction of sp³-hybridized carbons (Fsp3) is 0.467. The van der Waals surface area contributed by atoms with Crippen LogP contribution < -0.4 is 5.32 Å². The fourth-order valence-electron chi connectivity index (χ4n) is 2.07. The lowest BCUT2D eigenvalue weighted by Gasteiger charge is -2.11. The monoisotopic (exact) mass is 258 g/mol. The van der Waals surface area contributed by atoms with Gasteiger partial charge in [0.1, 0.15) is 5.82 Å². The van der Waals surface area contributed by atoms with E-state index in [1.54, 1.807) is 0 Å². The highest BCUT2D eigenvalue weighted by atomic mass is 15.3. The molecule has 0 saturated heterocycles. The largest absolute Gasteiger partial charge is 0.370 e. The number of rotatable bonds is 5. The maximum absolute atomic E-state index is 4.59. The zero-order valence-electron chi connectivity index (χ0n) is 12.2. The molecule has 0 amide bonds. The van der Waals surface area contributed by atoms with Crippen LogP contribution in [-0.4, -0.2) is 21.3 Å². The quantitative estimate of drug-likeness (QED) is 0.896. The van der Waals surface area contributed by atoms with Gasteiger partial charge >= 0.3 is 0 Å². The van der Waals surface area contributed by atoms with Gasteiger partial charge in [0, 0.05) is 24.0 Å². The van der Waals surface area contributed by atoms with Crippen LogP contribution >= 0.6 is 0 Å². The van der Waals surface area contributed by atoms with Gasteiger partial charge in [0.15, 0.2) is 0 Å². The number of aryl methyl sites for hydroxylation is 1. The zero-order chi connectivity index (χ0) is 13.8. The highest BCUT2D eigenvalue weighted by Crippen LogP contribution is 2.17. The second-order valence-electron chi connectivity index (χ2n) is 4.89. The maximum atomic E-state index is 4.59. The summed E-state index contributed by atoms with van der Waals surface area (Å²) >= 11 is 0. The summed E-state index contributed by atoms with van der Waals surface area (Å²) in [6.45, 7) is 10.2. The normalized spacial score (nSPS) is 10.7. The Morgan fingerprint density at radius 1 is 1.26 bits per heavy atom. The SMILES string of the molecule is CCCNc1ncccc1Cn1nc(C)c(C)c1C. The molecule has 0 aliphatic rings. The average Bonchev–Trinajstić information content (AvgIpc) is 2.65. The van der Waals surface area contributed by atoms with Gasteiger partial charge in [0.05, 0.1) is 12.2 Å². The van der Waals surface area contributed by atoms with E-state index in [4.69, 9.17) is 0 Å². The number of anilines is 1. The van der Waals surface area contributed by atoms with Crippen LogP contribution in [0.1, 0.15) is 35.9 Å². The van der Waals surface area contributed by atoms with Crippen LogP contribution in [0.25, 0.3) is 0 Å². The number of pyridine rings is 1. The Morgan fingerprint density at radius 3 is 2.68 bits per heavy atom. The summed E-state index contributed by atoms with van der Waals surface area (Å²) < 4.78 is 2.05. The Hall–Kier alpha value is -1.84. The first kappa shape index (κ1) is 13.6. The third kappa shape index (κ3) is 2.95. The van der Waals surface area contributed by atoms with Gasteiger partial charge in [0.25, 0.3) is 0 Å². The van der Waals surface area contributed by atoms with E-state index in [1.165, 1.54) is 16.8 Å². The molecule has 0 spiro atoms. The summed E-state index contributed by atoms with van der Waals surface area (Å²) in [4.78, 5) is 4.42. The first-order valence-corrected chi connectivity index (χ1v) is 6.81. The van der Waals surface area contributed by atoms with Crippen LogP contribution in [0.5, 0.6) is 0 Å². The van der Waals surface area contributed by atoms with Gasteiger partial charge in [-0.15, -0.1) is 0 Å². The van der Waals surface area contributed by atoms with Crippen molar-refractivity contribution in [3.63, 3.8) is 0 Å². The summed E-state index contributed by atoms with van der Waals surface area (Å²) in [5.74, 6) is 0.967. The number of nitrogens with one attached hydrogen (secondary N) is 1. The average molecular weight is 258 g/mol. The van der Waals surface area contributed by atoms with E-state index in [1.807, 2.05) is 12.3 Å². The van der Waals surface area contributed by atoms with E-state index in [-0.39, 0.29) is 0 Å². The van der Waals surface area contributed by atoms with E-state index in [9.17, 15) is 0 Å². The molecule has 0 saturated carbocycles.